The Kier molecular flexibility index (Phi) is 4.93. The average molecular weight is 256 g/mol. The van der Waals surface area contributed by atoms with Crippen molar-refractivity contribution in [1.82, 2.24) is 4.98 Å². The first kappa shape index (κ1) is 13.6. The largest absolute Gasteiger partial charge is 0.378 e. The van der Waals surface area contributed by atoms with Crippen LogP contribution in [-0.4, -0.2) is 11.6 Å². The Morgan fingerprint density at radius 3 is 2.63 bits per heavy atom. The van der Waals surface area contributed by atoms with Gasteiger partial charge in [0, 0.05) is 36.3 Å². The smallest absolute Gasteiger partial charge is 0.0736 e. The van der Waals surface area contributed by atoms with Crippen LogP contribution < -0.4 is 5.32 Å². The number of hydrogen-bond acceptors (Lipinski definition) is 3. The van der Waals surface area contributed by atoms with Gasteiger partial charge in [0.05, 0.1) is 6.61 Å². The van der Waals surface area contributed by atoms with E-state index in [2.05, 4.69) is 29.4 Å². The highest BCUT2D eigenvalue weighted by Crippen LogP contribution is 2.22. The Hall–Kier alpha value is -1.87. The minimum Gasteiger partial charge on any atom is -0.378 e. The lowest BCUT2D eigenvalue weighted by molar-refractivity contribution is 0.134. The first-order valence-corrected chi connectivity index (χ1v) is 6.63. The normalized spacial score (nSPS) is 12.1. The predicted octanol–water partition coefficient (Wildman–Crippen LogP) is 3.79. The lowest BCUT2D eigenvalue weighted by atomic mass is 10.1. The number of para-hydroxylation sites is 1. The molecule has 0 aliphatic heterocycles. The molecule has 1 unspecified atom stereocenters. The van der Waals surface area contributed by atoms with Crippen molar-refractivity contribution in [3.8, 4) is 0 Å². The zero-order valence-electron chi connectivity index (χ0n) is 11.5. The summed E-state index contributed by atoms with van der Waals surface area (Å²) in [5.41, 5.74) is 3.53. The molecule has 0 spiro atoms. The first-order chi connectivity index (χ1) is 9.31. The summed E-state index contributed by atoms with van der Waals surface area (Å²) in [4.78, 5) is 4.05. The first-order valence-electron chi connectivity index (χ1n) is 6.63. The van der Waals surface area contributed by atoms with Crippen LogP contribution >= 0.6 is 0 Å². The molecule has 2 rings (SSSR count). The van der Waals surface area contributed by atoms with Crippen molar-refractivity contribution >= 4 is 5.69 Å². The van der Waals surface area contributed by atoms with Crippen molar-refractivity contribution in [3.63, 3.8) is 0 Å². The number of hydrogen-bond donors (Lipinski definition) is 1. The van der Waals surface area contributed by atoms with E-state index in [0.29, 0.717) is 6.61 Å². The molecule has 1 atom stereocenters. The third-order valence-electron chi connectivity index (χ3n) is 3.06. The van der Waals surface area contributed by atoms with Crippen molar-refractivity contribution < 1.29 is 4.74 Å². The summed E-state index contributed by atoms with van der Waals surface area (Å²) in [7, 11) is 0. The van der Waals surface area contributed by atoms with Crippen LogP contribution in [0.4, 0.5) is 5.69 Å². The lowest BCUT2D eigenvalue weighted by Crippen LogP contribution is -2.09. The fourth-order valence-electron chi connectivity index (χ4n) is 1.97. The highest BCUT2D eigenvalue weighted by molar-refractivity contribution is 5.52. The molecular formula is C16H20N2O. The molecule has 0 amide bonds. The van der Waals surface area contributed by atoms with Gasteiger partial charge in [-0.1, -0.05) is 18.2 Å². The molecule has 1 N–H and O–H groups in total. The van der Waals surface area contributed by atoms with Gasteiger partial charge in [-0.05, 0) is 37.6 Å². The third-order valence-corrected chi connectivity index (χ3v) is 3.06. The van der Waals surface area contributed by atoms with Crippen molar-refractivity contribution in [1.29, 1.82) is 0 Å². The van der Waals surface area contributed by atoms with Gasteiger partial charge >= 0.3 is 0 Å². The van der Waals surface area contributed by atoms with Crippen LogP contribution in [0.5, 0.6) is 0 Å². The molecule has 0 saturated carbocycles. The van der Waals surface area contributed by atoms with E-state index >= 15 is 0 Å². The van der Waals surface area contributed by atoms with Crippen molar-refractivity contribution in [2.24, 2.45) is 0 Å². The fourth-order valence-corrected chi connectivity index (χ4v) is 1.97. The lowest BCUT2D eigenvalue weighted by Gasteiger charge is -2.18. The van der Waals surface area contributed by atoms with Crippen LogP contribution in [0.2, 0.25) is 0 Å². The Balaban J connectivity index is 2.10. The number of rotatable bonds is 6. The number of aromatic nitrogens is 1. The SMILES string of the molecule is CCOCc1ccccc1NC(C)c1ccncc1. The fraction of sp³-hybridized carbons (Fsp3) is 0.312. The number of benzene rings is 1. The quantitative estimate of drug-likeness (QED) is 0.853. The van der Waals surface area contributed by atoms with Gasteiger partial charge in [0.15, 0.2) is 0 Å². The van der Waals surface area contributed by atoms with E-state index in [1.807, 2.05) is 43.6 Å². The van der Waals surface area contributed by atoms with Gasteiger partial charge < -0.3 is 10.1 Å². The van der Waals surface area contributed by atoms with E-state index in [9.17, 15) is 0 Å². The molecule has 0 fully saturated rings. The highest BCUT2D eigenvalue weighted by atomic mass is 16.5. The maximum atomic E-state index is 5.50. The molecule has 0 bridgehead atoms. The summed E-state index contributed by atoms with van der Waals surface area (Å²) in [5, 5.41) is 3.53. The summed E-state index contributed by atoms with van der Waals surface area (Å²) >= 11 is 0. The maximum Gasteiger partial charge on any atom is 0.0736 e. The van der Waals surface area contributed by atoms with Gasteiger partial charge in [-0.25, -0.2) is 0 Å². The molecule has 100 valence electrons. The Bertz CT molecular complexity index is 499. The van der Waals surface area contributed by atoms with E-state index in [-0.39, 0.29) is 6.04 Å². The number of nitrogens with one attached hydrogen (secondary N) is 1. The van der Waals surface area contributed by atoms with Gasteiger partial charge in [-0.3, -0.25) is 4.98 Å². The van der Waals surface area contributed by atoms with Gasteiger partial charge in [-0.15, -0.1) is 0 Å². The van der Waals surface area contributed by atoms with Crippen molar-refractivity contribution in [3.05, 3.63) is 59.9 Å². The summed E-state index contributed by atoms with van der Waals surface area (Å²) in [6, 6.07) is 12.6. The van der Waals surface area contributed by atoms with Crippen LogP contribution in [0.3, 0.4) is 0 Å². The molecule has 0 radical (unpaired) electrons. The number of pyridine rings is 1. The van der Waals surface area contributed by atoms with Crippen molar-refractivity contribution in [2.75, 3.05) is 11.9 Å². The molecule has 0 aliphatic carbocycles. The van der Waals surface area contributed by atoms with Crippen LogP contribution in [0.1, 0.15) is 31.0 Å². The molecule has 3 nitrogen and oxygen atoms in total. The average Bonchev–Trinajstić information content (AvgIpc) is 2.47. The third kappa shape index (κ3) is 3.80. The number of anilines is 1. The summed E-state index contributed by atoms with van der Waals surface area (Å²) in [6.07, 6.45) is 3.64. The molecule has 19 heavy (non-hydrogen) atoms. The van der Waals surface area contributed by atoms with E-state index < -0.39 is 0 Å². The highest BCUT2D eigenvalue weighted by Gasteiger charge is 2.07. The molecule has 3 heteroatoms. The molecule has 0 aliphatic rings. The second-order valence-corrected chi connectivity index (χ2v) is 4.44. The van der Waals surface area contributed by atoms with Gasteiger partial charge in [0.25, 0.3) is 0 Å². The topological polar surface area (TPSA) is 34.1 Å². The van der Waals surface area contributed by atoms with Crippen LogP contribution in [0.15, 0.2) is 48.8 Å². The minimum absolute atomic E-state index is 0.241. The Morgan fingerprint density at radius 2 is 1.89 bits per heavy atom. The summed E-state index contributed by atoms with van der Waals surface area (Å²) in [5.74, 6) is 0. The van der Waals surface area contributed by atoms with Crippen LogP contribution in [0.25, 0.3) is 0 Å². The van der Waals surface area contributed by atoms with E-state index in [1.54, 1.807) is 0 Å². The monoisotopic (exact) mass is 256 g/mol. The summed E-state index contributed by atoms with van der Waals surface area (Å²) in [6.45, 7) is 5.53. The standard InChI is InChI=1S/C16H20N2O/c1-3-19-12-15-6-4-5-7-16(15)18-13(2)14-8-10-17-11-9-14/h4-11,13,18H,3,12H2,1-2H3. The Labute approximate surface area is 114 Å². The van der Waals surface area contributed by atoms with E-state index in [0.717, 1.165) is 12.3 Å². The zero-order chi connectivity index (χ0) is 13.5. The second kappa shape index (κ2) is 6.90. The van der Waals surface area contributed by atoms with E-state index in [1.165, 1.54) is 11.1 Å². The van der Waals surface area contributed by atoms with Gasteiger partial charge in [-0.2, -0.15) is 0 Å². The molecular weight excluding hydrogens is 236 g/mol. The maximum absolute atomic E-state index is 5.50. The molecule has 1 aromatic heterocycles. The second-order valence-electron chi connectivity index (χ2n) is 4.44. The van der Waals surface area contributed by atoms with Gasteiger partial charge in [0.2, 0.25) is 0 Å². The minimum atomic E-state index is 0.241. The molecule has 0 saturated heterocycles. The van der Waals surface area contributed by atoms with E-state index in [4.69, 9.17) is 4.74 Å². The molecule has 1 heterocycles. The number of nitrogens with zero attached hydrogens (tertiary/aromatic N) is 1. The molecule has 2 aromatic rings. The van der Waals surface area contributed by atoms with Crippen LogP contribution in [-0.2, 0) is 11.3 Å². The number of ether oxygens (including phenoxy) is 1. The Morgan fingerprint density at radius 1 is 1.16 bits per heavy atom. The van der Waals surface area contributed by atoms with Crippen molar-refractivity contribution in [2.45, 2.75) is 26.5 Å². The zero-order valence-corrected chi connectivity index (χ0v) is 11.5. The molecule has 1 aromatic carbocycles. The summed E-state index contributed by atoms with van der Waals surface area (Å²) < 4.78 is 5.50. The predicted molar refractivity (Wildman–Crippen MR) is 78.0 cm³/mol. The van der Waals surface area contributed by atoms with Crippen LogP contribution in [0, 0.1) is 0 Å². The van der Waals surface area contributed by atoms with Gasteiger partial charge in [0.1, 0.15) is 0 Å².